The van der Waals surface area contributed by atoms with Crippen molar-refractivity contribution in [2.45, 2.75) is 252 Å². The molecule has 0 aliphatic heterocycles. The zero-order valence-corrected chi connectivity index (χ0v) is 45.2. The molecule has 0 aliphatic rings. The highest BCUT2D eigenvalue weighted by Gasteiger charge is 2.19. The first kappa shape index (κ1) is 65.8. The van der Waals surface area contributed by atoms with E-state index in [1.54, 1.807) is 0 Å². The Morgan fingerprint density at radius 1 is 0.314 bits per heavy atom. The van der Waals surface area contributed by atoms with Crippen LogP contribution in [0.5, 0.6) is 0 Å². The van der Waals surface area contributed by atoms with Gasteiger partial charge in [-0.3, -0.25) is 14.4 Å². The minimum absolute atomic E-state index is 0.125. The molecule has 0 heterocycles. The zero-order valence-electron chi connectivity index (χ0n) is 45.2. The SMILES string of the molecule is CC/C=C\C/C=C\C/C=C\C/C=C\C/C=C\CCC(=O)OCC(COC(=O)CCCCCCCCCCCC/C=C\C=C/CCCCC)OC(=O)CCC/C=C\C/C=C\C/C=C\CCCCCCCC. The molecule has 70 heavy (non-hydrogen) atoms. The molecular formula is C64H104O6. The third-order valence-corrected chi connectivity index (χ3v) is 11.7. The van der Waals surface area contributed by atoms with Gasteiger partial charge in [-0.2, -0.15) is 0 Å². The molecule has 0 aromatic carbocycles. The molecule has 0 aromatic rings. The molecule has 0 saturated carbocycles. The van der Waals surface area contributed by atoms with E-state index in [1.165, 1.54) is 122 Å². The van der Waals surface area contributed by atoms with Crippen LogP contribution in [0.1, 0.15) is 245 Å². The maximum Gasteiger partial charge on any atom is 0.306 e. The number of ether oxygens (including phenoxy) is 3. The van der Waals surface area contributed by atoms with Crippen LogP contribution >= 0.6 is 0 Å². The van der Waals surface area contributed by atoms with Crippen LogP contribution in [0.25, 0.3) is 0 Å². The Kier molecular flexibility index (Phi) is 54.0. The summed E-state index contributed by atoms with van der Waals surface area (Å²) in [6, 6.07) is 0. The summed E-state index contributed by atoms with van der Waals surface area (Å²) < 4.78 is 16.7. The number of allylic oxidation sites excluding steroid dienone is 20. The van der Waals surface area contributed by atoms with Crippen molar-refractivity contribution in [1.29, 1.82) is 0 Å². The molecule has 0 saturated heterocycles. The molecular weight excluding hydrogens is 865 g/mol. The number of unbranched alkanes of at least 4 members (excludes halogenated alkanes) is 20. The Morgan fingerprint density at radius 2 is 0.643 bits per heavy atom. The molecule has 0 amide bonds. The van der Waals surface area contributed by atoms with Crippen molar-refractivity contribution in [3.05, 3.63) is 122 Å². The highest BCUT2D eigenvalue weighted by Crippen LogP contribution is 2.14. The topological polar surface area (TPSA) is 78.9 Å². The van der Waals surface area contributed by atoms with E-state index in [-0.39, 0.29) is 44.0 Å². The predicted octanol–water partition coefficient (Wildman–Crippen LogP) is 19.3. The van der Waals surface area contributed by atoms with Gasteiger partial charge in [0.15, 0.2) is 6.10 Å². The number of carbonyl (C=O) groups is 3. The maximum atomic E-state index is 12.8. The molecule has 0 spiro atoms. The van der Waals surface area contributed by atoms with Gasteiger partial charge in [0.2, 0.25) is 0 Å². The van der Waals surface area contributed by atoms with Crippen molar-refractivity contribution < 1.29 is 28.6 Å². The number of hydrogen-bond acceptors (Lipinski definition) is 6. The fourth-order valence-electron chi connectivity index (χ4n) is 7.44. The summed E-state index contributed by atoms with van der Waals surface area (Å²) in [5.74, 6) is -1.07. The van der Waals surface area contributed by atoms with E-state index in [1.807, 2.05) is 12.2 Å². The van der Waals surface area contributed by atoms with Crippen LogP contribution in [0, 0.1) is 0 Å². The molecule has 396 valence electrons. The third-order valence-electron chi connectivity index (χ3n) is 11.7. The molecule has 0 rings (SSSR count). The second-order valence-corrected chi connectivity index (χ2v) is 18.5. The van der Waals surface area contributed by atoms with Crippen LogP contribution in [0.4, 0.5) is 0 Å². The number of esters is 3. The summed E-state index contributed by atoms with van der Waals surface area (Å²) >= 11 is 0. The summed E-state index contributed by atoms with van der Waals surface area (Å²) in [6.45, 7) is 6.38. The first-order valence-corrected chi connectivity index (χ1v) is 28.6. The molecule has 0 aliphatic carbocycles. The lowest BCUT2D eigenvalue weighted by Crippen LogP contribution is -2.30. The van der Waals surface area contributed by atoms with E-state index in [0.717, 1.165) is 70.6 Å². The molecule has 0 radical (unpaired) electrons. The maximum absolute atomic E-state index is 12.8. The predicted molar refractivity (Wildman–Crippen MR) is 302 cm³/mol. The van der Waals surface area contributed by atoms with Crippen LogP contribution < -0.4 is 0 Å². The lowest BCUT2D eigenvalue weighted by molar-refractivity contribution is -0.166. The van der Waals surface area contributed by atoms with Crippen molar-refractivity contribution in [3.63, 3.8) is 0 Å². The average Bonchev–Trinajstić information content (AvgIpc) is 3.36. The quantitative estimate of drug-likeness (QED) is 0.0199. The van der Waals surface area contributed by atoms with E-state index in [0.29, 0.717) is 19.3 Å². The summed E-state index contributed by atoms with van der Waals surface area (Å²) in [4.78, 5) is 38.1. The Hall–Kier alpha value is -4.19. The van der Waals surface area contributed by atoms with Crippen LogP contribution in [0.3, 0.4) is 0 Å². The summed E-state index contributed by atoms with van der Waals surface area (Å²) in [6.07, 6.45) is 79.2. The second kappa shape index (κ2) is 57.4. The minimum Gasteiger partial charge on any atom is -0.462 e. The summed E-state index contributed by atoms with van der Waals surface area (Å²) in [7, 11) is 0. The van der Waals surface area contributed by atoms with E-state index in [2.05, 4.69) is 130 Å². The van der Waals surface area contributed by atoms with Crippen LogP contribution in [0.15, 0.2) is 122 Å². The van der Waals surface area contributed by atoms with Crippen molar-refractivity contribution in [2.24, 2.45) is 0 Å². The van der Waals surface area contributed by atoms with Gasteiger partial charge in [-0.05, 0) is 109 Å². The van der Waals surface area contributed by atoms with E-state index < -0.39 is 6.10 Å². The van der Waals surface area contributed by atoms with Gasteiger partial charge in [-0.15, -0.1) is 0 Å². The van der Waals surface area contributed by atoms with Gasteiger partial charge in [-0.1, -0.05) is 239 Å². The van der Waals surface area contributed by atoms with E-state index in [9.17, 15) is 14.4 Å². The van der Waals surface area contributed by atoms with Crippen molar-refractivity contribution in [2.75, 3.05) is 13.2 Å². The molecule has 1 unspecified atom stereocenters. The zero-order chi connectivity index (χ0) is 50.7. The lowest BCUT2D eigenvalue weighted by atomic mass is 10.1. The highest BCUT2D eigenvalue weighted by atomic mass is 16.6. The van der Waals surface area contributed by atoms with Crippen LogP contribution in [-0.4, -0.2) is 37.2 Å². The number of rotatable bonds is 50. The van der Waals surface area contributed by atoms with Gasteiger partial charge in [-0.25, -0.2) is 0 Å². The lowest BCUT2D eigenvalue weighted by Gasteiger charge is -2.18. The molecule has 6 heteroatoms. The minimum atomic E-state index is -0.839. The number of carbonyl (C=O) groups excluding carboxylic acids is 3. The number of hydrogen-bond donors (Lipinski definition) is 0. The molecule has 0 bridgehead atoms. The van der Waals surface area contributed by atoms with Gasteiger partial charge in [0.1, 0.15) is 13.2 Å². The van der Waals surface area contributed by atoms with Crippen LogP contribution in [0.2, 0.25) is 0 Å². The fraction of sp³-hybridized carbons (Fsp3) is 0.641. The smallest absolute Gasteiger partial charge is 0.306 e. The van der Waals surface area contributed by atoms with Gasteiger partial charge in [0.25, 0.3) is 0 Å². The largest absolute Gasteiger partial charge is 0.462 e. The Balaban J connectivity index is 4.56. The van der Waals surface area contributed by atoms with Crippen LogP contribution in [-0.2, 0) is 28.6 Å². The monoisotopic (exact) mass is 969 g/mol. The molecule has 6 nitrogen and oxygen atoms in total. The van der Waals surface area contributed by atoms with Gasteiger partial charge in [0, 0.05) is 19.3 Å². The van der Waals surface area contributed by atoms with Gasteiger partial charge >= 0.3 is 17.9 Å². The molecule has 0 N–H and O–H groups in total. The summed E-state index contributed by atoms with van der Waals surface area (Å²) in [5, 5.41) is 0. The standard InChI is InChI=1S/C64H104O6/c1-4-7-10-13-16-19-22-25-28-31-32-34-36-39-42-45-48-51-54-57-63(66)69-60-61(59-68-62(65)56-53-50-47-44-41-38-35-30-27-24-21-18-15-12-9-6-3)70-64(67)58-55-52-49-46-43-40-37-33-29-26-23-20-17-14-11-8-5-2/h9,12,16,18-19,21-22,25-27,29-30,37-38,40-41,46-47,49-50,61H,4-8,10-11,13-15,17,20,23-24,28,31-36,39,42-45,48,51-60H2,1-3H3/b12-9-,19-16-,21-18-,25-22-,29-26-,30-27-,40-37-,41-38-,49-46-,50-47-. The van der Waals surface area contributed by atoms with Crippen molar-refractivity contribution >= 4 is 17.9 Å². The molecule has 0 aromatic heterocycles. The van der Waals surface area contributed by atoms with Crippen molar-refractivity contribution in [3.8, 4) is 0 Å². The average molecular weight is 970 g/mol. The third kappa shape index (κ3) is 54.7. The first-order valence-electron chi connectivity index (χ1n) is 28.6. The Bertz CT molecular complexity index is 1490. The van der Waals surface area contributed by atoms with Gasteiger partial charge < -0.3 is 14.2 Å². The van der Waals surface area contributed by atoms with Crippen molar-refractivity contribution in [1.82, 2.24) is 0 Å². The fourth-order valence-corrected chi connectivity index (χ4v) is 7.44. The molecule has 1 atom stereocenters. The Morgan fingerprint density at radius 3 is 1.11 bits per heavy atom. The molecule has 0 fully saturated rings. The highest BCUT2D eigenvalue weighted by molar-refractivity contribution is 5.71. The normalized spacial score (nSPS) is 13.0. The second-order valence-electron chi connectivity index (χ2n) is 18.5. The Labute approximate surface area is 431 Å². The van der Waals surface area contributed by atoms with Gasteiger partial charge in [0.05, 0.1) is 0 Å². The first-order chi connectivity index (χ1) is 34.5. The van der Waals surface area contributed by atoms with E-state index >= 15 is 0 Å². The van der Waals surface area contributed by atoms with E-state index in [4.69, 9.17) is 14.2 Å². The summed E-state index contributed by atoms with van der Waals surface area (Å²) in [5.41, 5.74) is 0.